The molecule has 1 aromatic rings. The van der Waals surface area contributed by atoms with Crippen LogP contribution in [0.2, 0.25) is 0 Å². The number of ether oxygens (including phenoxy) is 1. The average molecular weight is 171 g/mol. The van der Waals surface area contributed by atoms with Gasteiger partial charge in [-0.15, -0.1) is 0 Å². The molecule has 3 heteroatoms. The van der Waals surface area contributed by atoms with E-state index in [1.807, 2.05) is 24.3 Å². The van der Waals surface area contributed by atoms with Gasteiger partial charge in [-0.25, -0.2) is 0 Å². The summed E-state index contributed by atoms with van der Waals surface area (Å²) in [7, 11) is 2.96. The summed E-state index contributed by atoms with van der Waals surface area (Å²) < 4.78 is 4.97. The zero-order valence-corrected chi connectivity index (χ0v) is 7.17. The summed E-state index contributed by atoms with van der Waals surface area (Å²) in [4.78, 5) is 1.08. The van der Waals surface area contributed by atoms with Gasteiger partial charge in [-0.3, -0.25) is 0 Å². The molecule has 1 rings (SSSR count). The highest BCUT2D eigenvalue weighted by molar-refractivity contribution is 8.68. The molecule has 0 aliphatic carbocycles. The van der Waals surface area contributed by atoms with Crippen LogP contribution in [0.1, 0.15) is 0 Å². The summed E-state index contributed by atoms with van der Waals surface area (Å²) in [5, 5.41) is 0. The number of hydrogen-bond donors (Lipinski definition) is 0. The molecule has 0 N–H and O–H groups in total. The molecule has 53 valence electrons. The van der Waals surface area contributed by atoms with Gasteiger partial charge in [0.15, 0.2) is 0 Å². The summed E-state index contributed by atoms with van der Waals surface area (Å²) in [5.41, 5.74) is 0. The van der Waals surface area contributed by atoms with Crippen molar-refractivity contribution in [2.45, 2.75) is 4.90 Å². The van der Waals surface area contributed by atoms with Crippen molar-refractivity contribution in [1.29, 1.82) is 0 Å². The fourth-order valence-corrected chi connectivity index (χ4v) is 1.21. The monoisotopic (exact) mass is 171 g/mol. The highest BCUT2D eigenvalue weighted by Gasteiger charge is 1.90. The van der Waals surface area contributed by atoms with Crippen LogP contribution in [-0.2, 0) is 0 Å². The van der Waals surface area contributed by atoms with E-state index in [9.17, 15) is 0 Å². The summed E-state index contributed by atoms with van der Waals surface area (Å²) >= 11 is 4.77. The Morgan fingerprint density at radius 2 is 1.90 bits per heavy atom. The van der Waals surface area contributed by atoms with E-state index in [1.165, 1.54) is 10.8 Å². The predicted molar refractivity (Wildman–Crippen MR) is 46.4 cm³/mol. The van der Waals surface area contributed by atoms with Crippen LogP contribution >= 0.6 is 22.5 Å². The Balaban J connectivity index is 2.80. The van der Waals surface area contributed by atoms with E-state index in [-0.39, 0.29) is 0 Å². The van der Waals surface area contributed by atoms with Crippen molar-refractivity contribution >= 4 is 22.5 Å². The molecular weight excluding hydrogens is 164 g/mol. The maximum absolute atomic E-state index is 4.97. The minimum Gasteiger partial charge on any atom is -0.497 e. The fraction of sp³-hybridized carbons (Fsp3) is 0.143. The second-order valence-electron chi connectivity index (χ2n) is 1.76. The molecule has 0 aromatic heterocycles. The minimum atomic E-state index is 0.868. The molecule has 10 heavy (non-hydrogen) atoms. The van der Waals surface area contributed by atoms with Gasteiger partial charge in [0.2, 0.25) is 0 Å². The van der Waals surface area contributed by atoms with Crippen molar-refractivity contribution in [3.63, 3.8) is 0 Å². The highest BCUT2D eigenvalue weighted by atomic mass is 33.1. The second kappa shape index (κ2) is 3.78. The molecule has 0 unspecified atom stereocenters. The van der Waals surface area contributed by atoms with Crippen molar-refractivity contribution < 1.29 is 4.74 Å². The van der Waals surface area contributed by atoms with Gasteiger partial charge in [0, 0.05) is 4.90 Å². The first-order valence-corrected chi connectivity index (χ1v) is 4.55. The number of benzene rings is 1. The molecule has 0 saturated carbocycles. The zero-order chi connectivity index (χ0) is 7.40. The SMILES string of the molecule is COc1ccc(S[S])cc1. The molecule has 0 atom stereocenters. The molecule has 0 aliphatic rings. The lowest BCUT2D eigenvalue weighted by Crippen LogP contribution is -1.80. The number of hydrogen-bond acceptors (Lipinski definition) is 2. The average Bonchev–Trinajstić information content (AvgIpc) is 2.05. The first kappa shape index (κ1) is 7.82. The highest BCUT2D eigenvalue weighted by Crippen LogP contribution is 2.23. The van der Waals surface area contributed by atoms with Gasteiger partial charge < -0.3 is 4.74 Å². The molecule has 1 radical (unpaired) electrons. The van der Waals surface area contributed by atoms with E-state index in [4.69, 9.17) is 16.4 Å². The molecule has 0 spiro atoms. The van der Waals surface area contributed by atoms with Crippen LogP contribution in [0.15, 0.2) is 29.2 Å². The van der Waals surface area contributed by atoms with E-state index in [1.54, 1.807) is 7.11 Å². The van der Waals surface area contributed by atoms with Crippen molar-refractivity contribution in [2.75, 3.05) is 7.11 Å². The fourth-order valence-electron chi connectivity index (χ4n) is 0.631. The van der Waals surface area contributed by atoms with Gasteiger partial charge in [-0.2, -0.15) is 0 Å². The Morgan fingerprint density at radius 1 is 1.30 bits per heavy atom. The first-order valence-electron chi connectivity index (χ1n) is 2.80. The molecular formula is C7H7OS2. The smallest absolute Gasteiger partial charge is 0.118 e. The third-order valence-corrected chi connectivity index (χ3v) is 2.20. The molecule has 0 fully saturated rings. The Kier molecular flexibility index (Phi) is 2.96. The predicted octanol–water partition coefficient (Wildman–Crippen LogP) is 2.90. The molecule has 0 amide bonds. The molecule has 0 heterocycles. The standard InChI is InChI=1S/C7H7OS2/c1-8-6-2-4-7(10-9)5-3-6/h2-5H,1H3. The Labute approximate surface area is 69.6 Å². The molecule has 1 aromatic carbocycles. The van der Waals surface area contributed by atoms with Gasteiger partial charge in [-0.05, 0) is 46.7 Å². The summed E-state index contributed by atoms with van der Waals surface area (Å²) in [5.74, 6) is 0.868. The van der Waals surface area contributed by atoms with Crippen LogP contribution in [-0.4, -0.2) is 7.11 Å². The Morgan fingerprint density at radius 3 is 2.30 bits per heavy atom. The van der Waals surface area contributed by atoms with Crippen molar-refractivity contribution in [3.8, 4) is 5.75 Å². The summed E-state index contributed by atoms with van der Waals surface area (Å²) in [6.45, 7) is 0. The lowest BCUT2D eigenvalue weighted by Gasteiger charge is -1.98. The van der Waals surface area contributed by atoms with Crippen molar-refractivity contribution in [1.82, 2.24) is 0 Å². The third kappa shape index (κ3) is 1.85. The van der Waals surface area contributed by atoms with Crippen molar-refractivity contribution in [3.05, 3.63) is 24.3 Å². The van der Waals surface area contributed by atoms with Crippen LogP contribution in [0, 0.1) is 0 Å². The van der Waals surface area contributed by atoms with E-state index in [0.29, 0.717) is 0 Å². The van der Waals surface area contributed by atoms with Crippen LogP contribution in [0.4, 0.5) is 0 Å². The maximum atomic E-state index is 4.97. The zero-order valence-electron chi connectivity index (χ0n) is 5.53. The quantitative estimate of drug-likeness (QED) is 0.633. The normalized spacial score (nSPS) is 9.40. The van der Waals surface area contributed by atoms with Gasteiger partial charge in [0.1, 0.15) is 5.75 Å². The van der Waals surface area contributed by atoms with Gasteiger partial charge in [0.05, 0.1) is 7.11 Å². The van der Waals surface area contributed by atoms with E-state index in [0.717, 1.165) is 10.6 Å². The number of methoxy groups -OCH3 is 1. The van der Waals surface area contributed by atoms with Gasteiger partial charge in [-0.1, -0.05) is 0 Å². The van der Waals surface area contributed by atoms with Crippen LogP contribution < -0.4 is 4.74 Å². The molecule has 0 aliphatic heterocycles. The van der Waals surface area contributed by atoms with Crippen molar-refractivity contribution in [2.24, 2.45) is 0 Å². The largest absolute Gasteiger partial charge is 0.497 e. The first-order chi connectivity index (χ1) is 4.86. The second-order valence-corrected chi connectivity index (χ2v) is 2.90. The molecule has 0 bridgehead atoms. The van der Waals surface area contributed by atoms with Gasteiger partial charge >= 0.3 is 0 Å². The van der Waals surface area contributed by atoms with E-state index < -0.39 is 0 Å². The minimum absolute atomic E-state index is 0.868. The Bertz CT molecular complexity index is 172. The summed E-state index contributed by atoms with van der Waals surface area (Å²) in [6.07, 6.45) is 0. The lowest BCUT2D eigenvalue weighted by molar-refractivity contribution is 0.414. The summed E-state index contributed by atoms with van der Waals surface area (Å²) in [6, 6.07) is 7.68. The lowest BCUT2D eigenvalue weighted by atomic mass is 10.3. The topological polar surface area (TPSA) is 9.23 Å². The van der Waals surface area contributed by atoms with E-state index >= 15 is 0 Å². The number of rotatable bonds is 2. The maximum Gasteiger partial charge on any atom is 0.118 e. The molecule has 0 saturated heterocycles. The van der Waals surface area contributed by atoms with Crippen LogP contribution in [0.25, 0.3) is 0 Å². The Hall–Kier alpha value is -0.280. The van der Waals surface area contributed by atoms with Crippen LogP contribution in [0.5, 0.6) is 5.75 Å². The van der Waals surface area contributed by atoms with E-state index in [2.05, 4.69) is 0 Å². The molecule has 1 nitrogen and oxygen atoms in total. The van der Waals surface area contributed by atoms with Crippen LogP contribution in [0.3, 0.4) is 0 Å². The third-order valence-electron chi connectivity index (χ3n) is 1.16. The van der Waals surface area contributed by atoms with Gasteiger partial charge in [0.25, 0.3) is 0 Å².